The summed E-state index contributed by atoms with van der Waals surface area (Å²) < 4.78 is 90.0. The molecule has 1 saturated heterocycles. The van der Waals surface area contributed by atoms with Crippen LogP contribution < -0.4 is 4.90 Å². The molecule has 5 aliphatic rings. The van der Waals surface area contributed by atoms with Gasteiger partial charge in [-0.05, 0) is 156 Å². The quantitative estimate of drug-likeness (QED) is 0.155. The molecule has 1 N–H and O–H groups in total. The fourth-order valence-corrected chi connectivity index (χ4v) is 11.8. The number of rotatable bonds is 12. The van der Waals surface area contributed by atoms with Crippen LogP contribution in [-0.2, 0) is 54.1 Å². The first-order valence-electron chi connectivity index (χ1n) is 26.1. The minimum Gasteiger partial charge on any atom is -0.444 e. The van der Waals surface area contributed by atoms with Crippen LogP contribution in [-0.4, -0.2) is 129 Å². The van der Waals surface area contributed by atoms with Crippen LogP contribution in [0.2, 0.25) is 0 Å². The Morgan fingerprint density at radius 1 is 0.846 bits per heavy atom. The molecule has 2 aromatic carbocycles. The standard InChI is InChI=1S/C57H72F3N3O15/c1-14-61(47(68)73-29-33-18-20-36(21-19-33)63(50(71)78-53(9,10)11)45(67)32(2)62(48(69)76-51(3,4)5)49(70)77-52(6,7)8)31-72-30-43(66)57-44(74-46(75-57)34-16-15-17-35(58)24-34)27-38-39-26-41(59)40-25-37(64)22-23-54(40,12)56(39,60)42(65)28-55(38,57)13/h15-25,32,38-39,41-42,44,46,65H,14,26-31H2,1-13H3/t32?,38-,39-,41-,42-,44+,46+,54-,55-,56-,57+/m0/s1. The highest BCUT2D eigenvalue weighted by atomic mass is 19.1. The van der Waals surface area contributed by atoms with E-state index in [1.807, 2.05) is 0 Å². The van der Waals surface area contributed by atoms with Gasteiger partial charge in [0.25, 0.3) is 5.91 Å². The zero-order valence-corrected chi connectivity index (χ0v) is 46.5. The molecule has 11 atom stereocenters. The Labute approximate surface area is 452 Å². The van der Waals surface area contributed by atoms with Crippen LogP contribution in [0.1, 0.15) is 127 Å². The summed E-state index contributed by atoms with van der Waals surface area (Å²) in [6, 6.07) is 9.45. The third-order valence-electron chi connectivity index (χ3n) is 15.3. The number of amides is 5. The van der Waals surface area contributed by atoms with E-state index in [0.29, 0.717) is 15.4 Å². The van der Waals surface area contributed by atoms with E-state index in [9.17, 15) is 43.1 Å². The number of hydrogen-bond donors (Lipinski definition) is 1. The first-order valence-corrected chi connectivity index (χ1v) is 26.1. The average Bonchev–Trinajstić information content (AvgIpc) is 2.97. The highest BCUT2D eigenvalue weighted by Gasteiger charge is 2.80. The van der Waals surface area contributed by atoms with E-state index in [2.05, 4.69) is 0 Å². The molecule has 78 heavy (non-hydrogen) atoms. The van der Waals surface area contributed by atoms with E-state index < -0.39 is 142 Å². The first kappa shape index (κ1) is 59.5. The van der Waals surface area contributed by atoms with Gasteiger partial charge in [0.2, 0.25) is 0 Å². The summed E-state index contributed by atoms with van der Waals surface area (Å²) in [6.07, 6.45) is -7.36. The topological polar surface area (TPSA) is 214 Å². The van der Waals surface area contributed by atoms with Gasteiger partial charge in [0, 0.05) is 28.9 Å². The van der Waals surface area contributed by atoms with Crippen LogP contribution in [0.3, 0.4) is 0 Å². The van der Waals surface area contributed by atoms with E-state index in [4.69, 9.17) is 33.2 Å². The number of Topliss-reactive ketones (excluding diaryl/α,β-unsaturated/α-hetero) is 1. The molecule has 7 rings (SSSR count). The number of anilines is 1. The monoisotopic (exact) mass is 1100 g/mol. The van der Waals surface area contributed by atoms with Gasteiger partial charge in [-0.15, -0.1) is 0 Å². The molecule has 1 unspecified atom stereocenters. The predicted octanol–water partition coefficient (Wildman–Crippen LogP) is 9.94. The lowest BCUT2D eigenvalue weighted by Gasteiger charge is -2.63. The van der Waals surface area contributed by atoms with Crippen molar-refractivity contribution in [1.29, 1.82) is 0 Å². The van der Waals surface area contributed by atoms with E-state index in [1.54, 1.807) is 82.2 Å². The van der Waals surface area contributed by atoms with Crippen LogP contribution in [0.25, 0.3) is 0 Å². The molecule has 5 amide bonds. The average molecular weight is 1100 g/mol. The summed E-state index contributed by atoms with van der Waals surface area (Å²) in [7, 11) is 0. The van der Waals surface area contributed by atoms with E-state index >= 15 is 8.78 Å². The maximum absolute atomic E-state index is 18.1. The fourth-order valence-electron chi connectivity index (χ4n) is 11.8. The Morgan fingerprint density at radius 2 is 1.45 bits per heavy atom. The molecule has 426 valence electrons. The lowest BCUT2D eigenvalue weighted by molar-refractivity contribution is -0.235. The zero-order valence-electron chi connectivity index (χ0n) is 46.5. The third kappa shape index (κ3) is 11.2. The molecular weight excluding hydrogens is 1020 g/mol. The maximum Gasteiger partial charge on any atom is 0.421 e. The molecule has 0 radical (unpaired) electrons. The highest BCUT2D eigenvalue weighted by molar-refractivity contribution is 6.15. The number of aliphatic hydroxyl groups excluding tert-OH is 1. The zero-order chi connectivity index (χ0) is 57.9. The highest BCUT2D eigenvalue weighted by Crippen LogP contribution is 2.72. The Morgan fingerprint density at radius 3 is 2.03 bits per heavy atom. The van der Waals surface area contributed by atoms with Gasteiger partial charge < -0.3 is 38.3 Å². The number of nitrogens with zero attached hydrogens (tertiary/aromatic N) is 3. The Hall–Kier alpha value is -6.16. The van der Waals surface area contributed by atoms with Crippen LogP contribution in [0.4, 0.5) is 38.0 Å². The van der Waals surface area contributed by atoms with Gasteiger partial charge in [-0.1, -0.05) is 37.3 Å². The number of ether oxygens (including phenoxy) is 7. The minimum absolute atomic E-state index is 0.00522. The number of benzene rings is 2. The van der Waals surface area contributed by atoms with Gasteiger partial charge in [0.15, 0.2) is 29.1 Å². The molecule has 3 saturated carbocycles. The van der Waals surface area contributed by atoms with Crippen LogP contribution in [0, 0.1) is 28.5 Å². The van der Waals surface area contributed by atoms with Gasteiger partial charge in [-0.2, -0.15) is 4.90 Å². The van der Waals surface area contributed by atoms with Crippen molar-refractivity contribution in [2.24, 2.45) is 22.7 Å². The van der Waals surface area contributed by atoms with Crippen LogP contribution in [0.5, 0.6) is 0 Å². The molecule has 0 bridgehead atoms. The number of carbonyl (C=O) groups is 7. The second-order valence-electron chi connectivity index (χ2n) is 24.1. The van der Waals surface area contributed by atoms with Crippen molar-refractivity contribution in [1.82, 2.24) is 9.80 Å². The summed E-state index contributed by atoms with van der Waals surface area (Å²) >= 11 is 0. The van der Waals surface area contributed by atoms with Crippen LogP contribution >= 0.6 is 0 Å². The van der Waals surface area contributed by atoms with Gasteiger partial charge in [-0.3, -0.25) is 19.3 Å². The Balaban J connectivity index is 1.06. The molecule has 21 heteroatoms. The lowest BCUT2D eigenvalue weighted by Crippen LogP contribution is -2.70. The molecule has 4 fully saturated rings. The number of allylic oxidation sites excluding steroid dienone is 4. The number of carbonyl (C=O) groups excluding carboxylic acids is 7. The number of alkyl halides is 2. The van der Waals surface area contributed by atoms with Crippen molar-refractivity contribution >= 4 is 47.5 Å². The Bertz CT molecular complexity index is 2720. The summed E-state index contributed by atoms with van der Waals surface area (Å²) in [5.74, 6) is -4.76. The lowest BCUT2D eigenvalue weighted by atomic mass is 9.44. The van der Waals surface area contributed by atoms with Crippen molar-refractivity contribution < 1.29 is 85.0 Å². The second kappa shape index (κ2) is 21.5. The van der Waals surface area contributed by atoms with Gasteiger partial charge in [0.05, 0.1) is 17.9 Å². The SMILES string of the molecule is CCN(COCC(=O)[C@@]12O[C@H](c3cccc(F)c3)O[C@@H]1C[C@H]1[C@@H]3C[C@H](F)C4=CC(=O)C=C[C@]4(C)[C@@]3(F)[C@@H](O)C[C@@]12C)C(=O)OCc1ccc(N(C(=O)OC(C)(C)C)C(=O)C(C)N(C(=O)OC(C)(C)C)C(=O)OC(C)(C)C)cc1. The van der Waals surface area contributed by atoms with Crippen molar-refractivity contribution in [3.8, 4) is 0 Å². The molecule has 2 aromatic rings. The molecule has 4 aliphatic carbocycles. The summed E-state index contributed by atoms with van der Waals surface area (Å²) in [4.78, 5) is 98.1. The minimum atomic E-state index is -2.45. The Kier molecular flexibility index (Phi) is 16.4. The number of ketones is 2. The number of halogens is 3. The second-order valence-corrected chi connectivity index (χ2v) is 24.1. The fraction of sp³-hybridized carbons (Fsp3) is 0.596. The molecule has 0 spiro atoms. The first-order chi connectivity index (χ1) is 36.1. The maximum atomic E-state index is 18.1. The summed E-state index contributed by atoms with van der Waals surface area (Å²) in [5.41, 5.74) is -10.2. The van der Waals surface area contributed by atoms with Crippen molar-refractivity contribution in [3.63, 3.8) is 0 Å². The van der Waals surface area contributed by atoms with Gasteiger partial charge in [0.1, 0.15) is 54.8 Å². The van der Waals surface area contributed by atoms with Gasteiger partial charge >= 0.3 is 24.4 Å². The molecule has 1 heterocycles. The van der Waals surface area contributed by atoms with Crippen molar-refractivity contribution in [3.05, 3.63) is 89.3 Å². The normalized spacial score (nSPS) is 29.6. The number of aliphatic hydroxyl groups is 1. The van der Waals surface area contributed by atoms with E-state index in [-0.39, 0.29) is 49.2 Å². The molecule has 18 nitrogen and oxygen atoms in total. The summed E-state index contributed by atoms with van der Waals surface area (Å²) in [5, 5.41) is 12.0. The number of imide groups is 2. The molecule has 0 aromatic heterocycles. The van der Waals surface area contributed by atoms with Crippen molar-refractivity contribution in [2.45, 2.75) is 175 Å². The van der Waals surface area contributed by atoms with Crippen molar-refractivity contribution in [2.75, 3.05) is 24.8 Å². The van der Waals surface area contributed by atoms with E-state index in [0.717, 1.165) is 11.0 Å². The predicted molar refractivity (Wildman–Crippen MR) is 274 cm³/mol. The largest absolute Gasteiger partial charge is 0.444 e. The number of hydrogen-bond acceptors (Lipinski definition) is 15. The van der Waals surface area contributed by atoms with Crippen LogP contribution in [0.15, 0.2) is 72.3 Å². The third-order valence-corrected chi connectivity index (χ3v) is 15.3. The summed E-state index contributed by atoms with van der Waals surface area (Å²) in [6.45, 7) is 18.8. The number of fused-ring (bicyclic) bond motifs is 7. The smallest absolute Gasteiger partial charge is 0.421 e. The molecule has 1 aliphatic heterocycles. The van der Waals surface area contributed by atoms with E-state index in [1.165, 1.54) is 68.5 Å². The molecular formula is C57H72F3N3O15. The van der Waals surface area contributed by atoms with Gasteiger partial charge in [-0.25, -0.2) is 37.2 Å².